The van der Waals surface area contributed by atoms with E-state index >= 15 is 0 Å². The Morgan fingerprint density at radius 3 is 2.16 bits per heavy atom. The number of imidazole rings is 2. The number of nitrogens with zero attached hydrogens (tertiary/aromatic N) is 7. The second kappa shape index (κ2) is 17.9. The van der Waals surface area contributed by atoms with Crippen LogP contribution in [0.1, 0.15) is 68.8 Å². The van der Waals surface area contributed by atoms with E-state index < -0.39 is 24.3 Å². The molecular weight excluding hydrogens is 789 g/mol. The normalized spacial score (nSPS) is 17.3. The number of alkyl carbamates (subject to hydrolysis) is 1. The third kappa shape index (κ3) is 8.58. The number of amides is 4. The molecule has 4 N–H and O–H groups in total. The van der Waals surface area contributed by atoms with Gasteiger partial charge in [-0.25, -0.2) is 24.5 Å². The Bertz CT molecular complexity index is 2570. The molecule has 0 radical (unpaired) electrons. The number of nitrogens with one attached hydrogen (secondary N) is 3. The summed E-state index contributed by atoms with van der Waals surface area (Å²) < 4.78 is 4.76. The smallest absolute Gasteiger partial charge is 0.407 e. The average Bonchev–Trinajstić information content (AvgIpc) is 4.14. The number of ether oxygens (including phenoxy) is 1. The number of likely N-dealkylation sites (tertiary alicyclic amines) is 2. The van der Waals surface area contributed by atoms with Crippen LogP contribution in [0.3, 0.4) is 0 Å². The van der Waals surface area contributed by atoms with Crippen LogP contribution < -0.4 is 5.32 Å². The van der Waals surface area contributed by atoms with Gasteiger partial charge in [-0.05, 0) is 49.3 Å². The van der Waals surface area contributed by atoms with E-state index in [0.717, 1.165) is 63.3 Å². The molecule has 2 saturated heterocycles. The fraction of sp³-hybridized carbons (Fsp3) is 0.348. The van der Waals surface area contributed by atoms with Crippen LogP contribution in [0.5, 0.6) is 0 Å². The first-order chi connectivity index (χ1) is 30.0. The molecule has 62 heavy (non-hydrogen) atoms. The number of benzene rings is 3. The fourth-order valence-corrected chi connectivity index (χ4v) is 8.50. The van der Waals surface area contributed by atoms with Crippen LogP contribution in [-0.4, -0.2) is 113 Å². The maximum atomic E-state index is 14.0. The summed E-state index contributed by atoms with van der Waals surface area (Å²) in [5.74, 6) is 0.836. The van der Waals surface area contributed by atoms with E-state index in [1.54, 1.807) is 22.2 Å². The number of carbonyl (C=O) groups excluding carboxylic acids is 3. The number of methoxy groups -OCH3 is 1. The van der Waals surface area contributed by atoms with Crippen LogP contribution in [0, 0.1) is 5.92 Å². The Hall–Kier alpha value is -7.10. The minimum absolute atomic E-state index is 0.119. The van der Waals surface area contributed by atoms with Crippen molar-refractivity contribution < 1.29 is 29.0 Å². The Labute approximate surface area is 358 Å². The molecule has 320 valence electrons. The summed E-state index contributed by atoms with van der Waals surface area (Å²) in [5, 5.41) is 12.5. The quantitative estimate of drug-likeness (QED) is 0.0994. The summed E-state index contributed by atoms with van der Waals surface area (Å²) in [5.41, 5.74) is 7.23. The van der Waals surface area contributed by atoms with Crippen molar-refractivity contribution in [1.29, 1.82) is 0 Å². The van der Waals surface area contributed by atoms with Crippen molar-refractivity contribution in [3.8, 4) is 33.8 Å². The van der Waals surface area contributed by atoms with Crippen molar-refractivity contribution in [3.63, 3.8) is 0 Å². The molecule has 6 aromatic rings. The fourth-order valence-electron chi connectivity index (χ4n) is 8.50. The number of rotatable bonds is 12. The SMILES string of the molecule is COC(=O)N[C@H](C(=O)N1CCC[C@H]1c1nc(-c2ccc(-c3cnc4cc(-c5cnc([C@@H]6CCCN6C(=O)[C@H](Cc6ccccc6)N(C)C(=O)O)[nH]5)ccc4n3)cc2)c[nH]1)C(C)C. The Morgan fingerprint density at radius 2 is 1.48 bits per heavy atom. The van der Waals surface area contributed by atoms with Crippen LogP contribution in [0.15, 0.2) is 91.4 Å². The van der Waals surface area contributed by atoms with E-state index in [9.17, 15) is 24.3 Å². The lowest BCUT2D eigenvalue weighted by atomic mass is 10.0. The summed E-state index contributed by atoms with van der Waals surface area (Å²) >= 11 is 0. The number of hydrogen-bond donors (Lipinski definition) is 4. The molecule has 4 atom stereocenters. The molecule has 16 nitrogen and oxygen atoms in total. The molecule has 5 heterocycles. The monoisotopic (exact) mass is 838 g/mol. The Balaban J connectivity index is 0.941. The topological polar surface area (TPSA) is 203 Å². The summed E-state index contributed by atoms with van der Waals surface area (Å²) in [6.45, 7) is 4.88. The highest BCUT2D eigenvalue weighted by atomic mass is 16.5. The van der Waals surface area contributed by atoms with Crippen molar-refractivity contribution in [3.05, 3.63) is 109 Å². The standard InChI is InChI=1S/C46H50N10O6/c1-27(2)40(53-45(59)62-4)44(58)56-21-9-13-38(56)42-48-25-35(51-42)30-16-14-29(15-17-30)34-24-47-33-23-31(18-19-32(33)50-34)36-26-49-41(52-36)37-12-8-20-55(37)43(57)39(54(3)46(60)61)22-28-10-6-5-7-11-28/h5-7,10-11,14-19,23-27,37-40H,8-9,12-13,20-22H2,1-4H3,(H,48,51)(H,49,52)(H,53,59)(H,60,61)/t37-,38-,39-,40-/m0/s1. The summed E-state index contributed by atoms with van der Waals surface area (Å²) in [6, 6.07) is 21.1. The molecule has 16 heteroatoms. The molecule has 0 spiro atoms. The minimum Gasteiger partial charge on any atom is -0.465 e. The molecule has 2 aliphatic rings. The lowest BCUT2D eigenvalue weighted by molar-refractivity contribution is -0.137. The number of hydrogen-bond acceptors (Lipinski definition) is 9. The van der Waals surface area contributed by atoms with Crippen LogP contribution in [0.4, 0.5) is 9.59 Å². The van der Waals surface area contributed by atoms with Gasteiger partial charge in [0, 0.05) is 49.4 Å². The number of H-pyrrole nitrogens is 2. The molecule has 0 unspecified atom stereocenters. The Morgan fingerprint density at radius 1 is 0.823 bits per heavy atom. The van der Waals surface area contributed by atoms with Crippen LogP contribution >= 0.6 is 0 Å². The summed E-state index contributed by atoms with van der Waals surface area (Å²) in [7, 11) is 2.73. The number of carboxylic acid groups (broad SMARTS) is 1. The third-order valence-electron chi connectivity index (χ3n) is 11.9. The van der Waals surface area contributed by atoms with E-state index in [1.807, 2.05) is 92.8 Å². The highest BCUT2D eigenvalue weighted by Gasteiger charge is 2.39. The zero-order chi connectivity index (χ0) is 43.5. The zero-order valence-corrected chi connectivity index (χ0v) is 35.1. The van der Waals surface area contributed by atoms with Crippen molar-refractivity contribution in [2.24, 2.45) is 5.92 Å². The number of aromatic nitrogens is 6. The molecule has 0 saturated carbocycles. The first kappa shape index (κ1) is 41.6. The molecule has 2 aliphatic heterocycles. The third-order valence-corrected chi connectivity index (χ3v) is 11.9. The van der Waals surface area contributed by atoms with Crippen molar-refractivity contribution >= 4 is 35.0 Å². The summed E-state index contributed by atoms with van der Waals surface area (Å²) in [6.07, 6.45) is 6.92. The first-order valence-electron chi connectivity index (χ1n) is 20.9. The lowest BCUT2D eigenvalue weighted by Crippen LogP contribution is -2.51. The van der Waals surface area contributed by atoms with Crippen molar-refractivity contribution in [1.82, 2.24) is 49.9 Å². The molecule has 3 aromatic heterocycles. The van der Waals surface area contributed by atoms with Gasteiger partial charge in [0.05, 0.1) is 59.7 Å². The maximum Gasteiger partial charge on any atom is 0.407 e. The second-order valence-corrected chi connectivity index (χ2v) is 16.2. The highest BCUT2D eigenvalue weighted by molar-refractivity contribution is 5.87. The molecule has 3 aromatic carbocycles. The van der Waals surface area contributed by atoms with Crippen LogP contribution in [-0.2, 0) is 20.7 Å². The van der Waals surface area contributed by atoms with Crippen molar-refractivity contribution in [2.75, 3.05) is 27.2 Å². The second-order valence-electron chi connectivity index (χ2n) is 16.2. The number of aromatic amines is 2. The highest BCUT2D eigenvalue weighted by Crippen LogP contribution is 2.35. The van der Waals surface area contributed by atoms with Gasteiger partial charge in [-0.15, -0.1) is 0 Å². The van der Waals surface area contributed by atoms with E-state index in [2.05, 4.69) is 15.3 Å². The van der Waals surface area contributed by atoms with Gasteiger partial charge >= 0.3 is 12.2 Å². The van der Waals surface area contributed by atoms with Crippen LogP contribution in [0.2, 0.25) is 0 Å². The first-order valence-corrected chi connectivity index (χ1v) is 20.9. The molecular formula is C46H50N10O6. The van der Waals surface area contributed by atoms with Gasteiger partial charge in [-0.2, -0.15) is 0 Å². The summed E-state index contributed by atoms with van der Waals surface area (Å²) in [4.78, 5) is 82.2. The molecule has 2 fully saturated rings. The molecule has 0 aliphatic carbocycles. The van der Waals surface area contributed by atoms with E-state index in [0.29, 0.717) is 42.4 Å². The van der Waals surface area contributed by atoms with Gasteiger partial charge in [0.25, 0.3) is 0 Å². The number of carbonyl (C=O) groups is 4. The number of likely N-dealkylation sites (N-methyl/N-ethyl adjacent to an activating group) is 1. The molecule has 0 bridgehead atoms. The van der Waals surface area contributed by atoms with Crippen molar-refractivity contribution in [2.45, 2.75) is 70.1 Å². The van der Waals surface area contributed by atoms with Gasteiger partial charge in [-0.1, -0.05) is 74.5 Å². The average molecular weight is 839 g/mol. The largest absolute Gasteiger partial charge is 0.465 e. The van der Waals surface area contributed by atoms with Gasteiger partial charge in [-0.3, -0.25) is 19.5 Å². The van der Waals surface area contributed by atoms with E-state index in [4.69, 9.17) is 24.7 Å². The predicted molar refractivity (Wildman–Crippen MR) is 231 cm³/mol. The molecule has 4 amide bonds. The van der Waals surface area contributed by atoms with Gasteiger partial charge < -0.3 is 34.9 Å². The van der Waals surface area contributed by atoms with Gasteiger partial charge in [0.2, 0.25) is 11.8 Å². The van der Waals surface area contributed by atoms with Crippen LogP contribution in [0.25, 0.3) is 44.8 Å². The van der Waals surface area contributed by atoms with E-state index in [1.165, 1.54) is 14.2 Å². The minimum atomic E-state index is -1.16. The molecule has 8 rings (SSSR count). The zero-order valence-electron chi connectivity index (χ0n) is 35.1. The Kier molecular flexibility index (Phi) is 12.0. The lowest BCUT2D eigenvalue weighted by Gasteiger charge is -2.32. The van der Waals surface area contributed by atoms with E-state index in [-0.39, 0.29) is 36.2 Å². The number of fused-ring (bicyclic) bond motifs is 1. The van der Waals surface area contributed by atoms with Gasteiger partial charge in [0.1, 0.15) is 23.7 Å². The predicted octanol–water partition coefficient (Wildman–Crippen LogP) is 7.01. The maximum absolute atomic E-state index is 14.0. The van der Waals surface area contributed by atoms with Gasteiger partial charge in [0.15, 0.2) is 0 Å².